The molecule has 2 N–H and O–H groups in total. The van der Waals surface area contributed by atoms with E-state index in [1.54, 1.807) is 6.92 Å². The standard InChI is InChI=1S/C22H27F4N5O3/c1-5-13-11-31(10-12(3)34-13)20(32)14-7-18(33-4)17(8-16(14)23)29-21-28-9-15(22(24,25)26)19(30-21)27-6-2/h7-9,12-13H,5-6,10-11H2,1-4H3,(H2,27,28,29,30)/t12-,13+/m0/s1. The summed E-state index contributed by atoms with van der Waals surface area (Å²) in [5.41, 5.74) is -1.15. The van der Waals surface area contributed by atoms with Crippen LogP contribution in [0.2, 0.25) is 0 Å². The molecule has 0 bridgehead atoms. The Labute approximate surface area is 194 Å². The van der Waals surface area contributed by atoms with E-state index in [0.29, 0.717) is 25.7 Å². The molecule has 34 heavy (non-hydrogen) atoms. The number of rotatable bonds is 7. The Balaban J connectivity index is 1.89. The Morgan fingerprint density at radius 2 is 2.03 bits per heavy atom. The monoisotopic (exact) mass is 485 g/mol. The Kier molecular flexibility index (Phi) is 7.80. The molecule has 8 nitrogen and oxygen atoms in total. The van der Waals surface area contributed by atoms with Crippen molar-refractivity contribution in [3.8, 4) is 5.75 Å². The molecule has 1 aliphatic heterocycles. The number of ether oxygens (including phenoxy) is 2. The lowest BCUT2D eigenvalue weighted by molar-refractivity contribution is -0.137. The molecule has 3 rings (SSSR count). The SMILES string of the molecule is CCNc1nc(Nc2cc(F)c(C(=O)N3C[C@@H](CC)O[C@@H](C)C3)cc2OC)ncc1C(F)(F)F. The zero-order chi connectivity index (χ0) is 25.0. The number of carbonyl (C=O) groups excluding carboxylic acids is 1. The Morgan fingerprint density at radius 3 is 2.65 bits per heavy atom. The largest absolute Gasteiger partial charge is 0.495 e. The minimum absolute atomic E-state index is 0.0561. The molecule has 0 aliphatic carbocycles. The molecule has 1 fully saturated rings. The second-order valence-corrected chi connectivity index (χ2v) is 7.83. The van der Waals surface area contributed by atoms with Crippen molar-refractivity contribution in [3.63, 3.8) is 0 Å². The number of carbonyl (C=O) groups is 1. The fraction of sp³-hybridized carbons (Fsp3) is 0.500. The summed E-state index contributed by atoms with van der Waals surface area (Å²) in [5, 5.41) is 5.22. The second-order valence-electron chi connectivity index (χ2n) is 7.83. The van der Waals surface area contributed by atoms with Crippen molar-refractivity contribution < 1.29 is 31.8 Å². The highest BCUT2D eigenvalue weighted by Gasteiger charge is 2.35. The van der Waals surface area contributed by atoms with E-state index in [-0.39, 0.29) is 41.7 Å². The van der Waals surface area contributed by atoms with E-state index in [0.717, 1.165) is 6.07 Å². The zero-order valence-electron chi connectivity index (χ0n) is 19.3. The van der Waals surface area contributed by atoms with E-state index >= 15 is 0 Å². The predicted molar refractivity (Wildman–Crippen MR) is 118 cm³/mol. The third kappa shape index (κ3) is 5.66. The van der Waals surface area contributed by atoms with Gasteiger partial charge in [0.1, 0.15) is 22.9 Å². The van der Waals surface area contributed by atoms with E-state index in [9.17, 15) is 22.4 Å². The molecule has 0 spiro atoms. The number of alkyl halides is 3. The van der Waals surface area contributed by atoms with Gasteiger partial charge in [-0.05, 0) is 26.3 Å². The van der Waals surface area contributed by atoms with E-state index < -0.39 is 29.3 Å². The van der Waals surface area contributed by atoms with Crippen LogP contribution in [0.3, 0.4) is 0 Å². The number of morpholine rings is 1. The number of anilines is 3. The smallest absolute Gasteiger partial charge is 0.421 e. The molecule has 186 valence electrons. The van der Waals surface area contributed by atoms with Gasteiger partial charge in [0.05, 0.1) is 30.6 Å². The van der Waals surface area contributed by atoms with Gasteiger partial charge in [0, 0.05) is 31.9 Å². The maximum Gasteiger partial charge on any atom is 0.421 e. The number of nitrogens with zero attached hydrogens (tertiary/aromatic N) is 3. The van der Waals surface area contributed by atoms with Gasteiger partial charge < -0.3 is 25.0 Å². The first-order valence-corrected chi connectivity index (χ1v) is 10.8. The normalized spacial score (nSPS) is 18.5. The van der Waals surface area contributed by atoms with E-state index in [4.69, 9.17) is 9.47 Å². The lowest BCUT2D eigenvalue weighted by atomic mass is 10.1. The fourth-order valence-electron chi connectivity index (χ4n) is 3.66. The average Bonchev–Trinajstić information content (AvgIpc) is 2.78. The first-order valence-electron chi connectivity index (χ1n) is 10.8. The Morgan fingerprint density at radius 1 is 1.29 bits per heavy atom. The predicted octanol–water partition coefficient (Wildman–Crippen LogP) is 4.46. The molecule has 1 aromatic heterocycles. The van der Waals surface area contributed by atoms with Crippen molar-refractivity contribution in [1.82, 2.24) is 14.9 Å². The summed E-state index contributed by atoms with van der Waals surface area (Å²) in [4.78, 5) is 22.1. The average molecular weight is 485 g/mol. The van der Waals surface area contributed by atoms with E-state index in [1.165, 1.54) is 18.1 Å². The minimum atomic E-state index is -4.64. The number of halogens is 4. The zero-order valence-corrected chi connectivity index (χ0v) is 19.3. The number of amides is 1. The number of hydrogen-bond acceptors (Lipinski definition) is 7. The highest BCUT2D eigenvalue weighted by Crippen LogP contribution is 2.35. The Bertz CT molecular complexity index is 1030. The molecule has 0 radical (unpaired) electrons. The number of aromatic nitrogens is 2. The highest BCUT2D eigenvalue weighted by atomic mass is 19.4. The molecule has 0 unspecified atom stereocenters. The summed E-state index contributed by atoms with van der Waals surface area (Å²) in [6.07, 6.45) is -3.62. The van der Waals surface area contributed by atoms with Gasteiger partial charge in [-0.3, -0.25) is 4.79 Å². The van der Waals surface area contributed by atoms with Crippen LogP contribution in [0.4, 0.5) is 35.0 Å². The lowest BCUT2D eigenvalue weighted by Gasteiger charge is -2.36. The lowest BCUT2D eigenvalue weighted by Crippen LogP contribution is -2.49. The number of benzene rings is 1. The summed E-state index contributed by atoms with van der Waals surface area (Å²) in [5.74, 6) is -1.83. The third-order valence-corrected chi connectivity index (χ3v) is 5.27. The van der Waals surface area contributed by atoms with Crippen LogP contribution in [0.1, 0.15) is 43.1 Å². The number of hydrogen-bond donors (Lipinski definition) is 2. The molecule has 1 aliphatic rings. The maximum absolute atomic E-state index is 15.0. The van der Waals surface area contributed by atoms with Gasteiger partial charge in [-0.25, -0.2) is 9.37 Å². The molecule has 1 aromatic carbocycles. The maximum atomic E-state index is 15.0. The van der Waals surface area contributed by atoms with Crippen molar-refractivity contribution in [2.24, 2.45) is 0 Å². The molecule has 12 heteroatoms. The second kappa shape index (κ2) is 10.4. The van der Waals surface area contributed by atoms with Crippen molar-refractivity contribution >= 4 is 23.4 Å². The minimum Gasteiger partial charge on any atom is -0.495 e. The number of nitrogens with one attached hydrogen (secondary N) is 2. The van der Waals surface area contributed by atoms with Crippen molar-refractivity contribution in [2.45, 2.75) is 45.6 Å². The van der Waals surface area contributed by atoms with Crippen LogP contribution >= 0.6 is 0 Å². The first-order chi connectivity index (χ1) is 16.1. The topological polar surface area (TPSA) is 88.6 Å². The summed E-state index contributed by atoms with van der Waals surface area (Å²) >= 11 is 0. The van der Waals surface area contributed by atoms with Gasteiger partial charge >= 0.3 is 6.18 Å². The van der Waals surface area contributed by atoms with Crippen LogP contribution < -0.4 is 15.4 Å². The van der Waals surface area contributed by atoms with Crippen LogP contribution in [0.25, 0.3) is 0 Å². The van der Waals surface area contributed by atoms with Crippen molar-refractivity contribution in [3.05, 3.63) is 35.3 Å². The summed E-state index contributed by atoms with van der Waals surface area (Å²) in [7, 11) is 1.33. The van der Waals surface area contributed by atoms with E-state index in [1.807, 2.05) is 13.8 Å². The van der Waals surface area contributed by atoms with Gasteiger partial charge in [-0.1, -0.05) is 6.92 Å². The summed E-state index contributed by atoms with van der Waals surface area (Å²) in [6.45, 7) is 6.28. The molecular formula is C22H27F4N5O3. The van der Waals surface area contributed by atoms with Crippen LogP contribution in [-0.2, 0) is 10.9 Å². The highest BCUT2D eigenvalue weighted by molar-refractivity contribution is 5.96. The van der Waals surface area contributed by atoms with Crippen LogP contribution in [0.15, 0.2) is 18.3 Å². The molecule has 0 saturated carbocycles. The van der Waals surface area contributed by atoms with Gasteiger partial charge in [0.2, 0.25) is 5.95 Å². The van der Waals surface area contributed by atoms with Crippen molar-refractivity contribution in [2.75, 3.05) is 37.4 Å². The van der Waals surface area contributed by atoms with E-state index in [2.05, 4.69) is 20.6 Å². The molecule has 1 amide bonds. The summed E-state index contributed by atoms with van der Waals surface area (Å²) in [6, 6.07) is 2.28. The van der Waals surface area contributed by atoms with Gasteiger partial charge in [0.25, 0.3) is 5.91 Å². The fourth-order valence-corrected chi connectivity index (χ4v) is 3.66. The molecule has 2 aromatic rings. The molecule has 2 heterocycles. The Hall–Kier alpha value is -3.15. The van der Waals surface area contributed by atoms with Crippen LogP contribution in [0, 0.1) is 5.82 Å². The molecule has 1 saturated heterocycles. The quantitative estimate of drug-likeness (QED) is 0.560. The first kappa shape index (κ1) is 25.5. The number of methoxy groups -OCH3 is 1. The van der Waals surface area contributed by atoms with Gasteiger partial charge in [0.15, 0.2) is 0 Å². The molecule has 2 atom stereocenters. The van der Waals surface area contributed by atoms with Crippen LogP contribution in [-0.4, -0.2) is 59.7 Å². The van der Waals surface area contributed by atoms with Gasteiger partial charge in [-0.15, -0.1) is 0 Å². The summed E-state index contributed by atoms with van der Waals surface area (Å²) < 4.78 is 65.6. The molecular weight excluding hydrogens is 458 g/mol. The third-order valence-electron chi connectivity index (χ3n) is 5.27. The van der Waals surface area contributed by atoms with Crippen LogP contribution in [0.5, 0.6) is 5.75 Å². The van der Waals surface area contributed by atoms with Gasteiger partial charge in [-0.2, -0.15) is 18.2 Å². The van der Waals surface area contributed by atoms with Crippen molar-refractivity contribution in [1.29, 1.82) is 0 Å².